The maximum atomic E-state index is 12.9. The van der Waals surface area contributed by atoms with E-state index in [1.165, 1.54) is 36.9 Å². The normalized spacial score (nSPS) is 21.8. The molecule has 4 nitrogen and oxygen atoms in total. The third kappa shape index (κ3) is 4.08. The molecule has 1 fully saturated rings. The largest absolute Gasteiger partial charge is 0.299 e. The SMILES string of the molecule is CCCN1CCCC2c3cc(NS(=O)(=O)c4ccc(C(C)C)cc4)ccc3CC21. The number of benzene rings is 2. The highest BCUT2D eigenvalue weighted by Crippen LogP contribution is 2.43. The van der Waals surface area contributed by atoms with Gasteiger partial charge in [0.2, 0.25) is 0 Å². The first-order chi connectivity index (χ1) is 13.9. The van der Waals surface area contributed by atoms with Gasteiger partial charge in [0.1, 0.15) is 0 Å². The Labute approximate surface area is 175 Å². The Kier molecular flexibility index (Phi) is 5.71. The van der Waals surface area contributed by atoms with Crippen LogP contribution in [0.4, 0.5) is 5.69 Å². The molecule has 1 heterocycles. The average molecular weight is 413 g/mol. The third-order valence-electron chi connectivity index (χ3n) is 6.49. The minimum atomic E-state index is -3.58. The number of nitrogens with zero attached hydrogens (tertiary/aromatic N) is 1. The summed E-state index contributed by atoms with van der Waals surface area (Å²) in [5, 5.41) is 0. The van der Waals surface area contributed by atoms with E-state index in [0.29, 0.717) is 28.5 Å². The molecular formula is C24H32N2O2S. The van der Waals surface area contributed by atoms with Gasteiger partial charge in [-0.15, -0.1) is 0 Å². The lowest BCUT2D eigenvalue weighted by Gasteiger charge is -2.37. The molecule has 156 valence electrons. The number of fused-ring (bicyclic) bond motifs is 3. The number of rotatable bonds is 6. The molecule has 1 N–H and O–H groups in total. The molecule has 2 aromatic rings. The summed E-state index contributed by atoms with van der Waals surface area (Å²) in [5.74, 6) is 0.909. The smallest absolute Gasteiger partial charge is 0.261 e. The molecule has 1 aliphatic heterocycles. The fraction of sp³-hybridized carbons (Fsp3) is 0.500. The van der Waals surface area contributed by atoms with E-state index >= 15 is 0 Å². The first kappa shape index (κ1) is 20.4. The van der Waals surface area contributed by atoms with E-state index < -0.39 is 10.0 Å². The van der Waals surface area contributed by atoms with Crippen LogP contribution >= 0.6 is 0 Å². The third-order valence-corrected chi connectivity index (χ3v) is 7.89. The highest BCUT2D eigenvalue weighted by molar-refractivity contribution is 7.92. The van der Waals surface area contributed by atoms with Crippen molar-refractivity contribution in [3.05, 3.63) is 59.2 Å². The molecule has 2 aliphatic rings. The minimum Gasteiger partial charge on any atom is -0.299 e. The second-order valence-corrected chi connectivity index (χ2v) is 10.5. The van der Waals surface area contributed by atoms with E-state index in [2.05, 4.69) is 42.5 Å². The lowest BCUT2D eigenvalue weighted by molar-refractivity contribution is 0.137. The number of piperidine rings is 1. The lowest BCUT2D eigenvalue weighted by Crippen LogP contribution is -2.43. The number of anilines is 1. The van der Waals surface area contributed by atoms with Crippen LogP contribution in [0.3, 0.4) is 0 Å². The monoisotopic (exact) mass is 412 g/mol. The molecule has 2 unspecified atom stereocenters. The Bertz CT molecular complexity index is 965. The molecule has 2 atom stereocenters. The van der Waals surface area contributed by atoms with Crippen LogP contribution in [0.1, 0.15) is 68.6 Å². The van der Waals surface area contributed by atoms with Crippen molar-refractivity contribution in [2.45, 2.75) is 69.2 Å². The van der Waals surface area contributed by atoms with E-state index in [0.717, 1.165) is 18.5 Å². The average Bonchev–Trinajstić information content (AvgIpc) is 3.07. The Balaban J connectivity index is 1.55. The minimum absolute atomic E-state index is 0.312. The first-order valence-electron chi connectivity index (χ1n) is 10.9. The van der Waals surface area contributed by atoms with Crippen LogP contribution < -0.4 is 4.72 Å². The van der Waals surface area contributed by atoms with Crippen molar-refractivity contribution in [3.63, 3.8) is 0 Å². The number of likely N-dealkylation sites (tertiary alicyclic amines) is 1. The quantitative estimate of drug-likeness (QED) is 0.716. The Morgan fingerprint density at radius 1 is 1.14 bits per heavy atom. The highest BCUT2D eigenvalue weighted by Gasteiger charge is 2.38. The van der Waals surface area contributed by atoms with E-state index in [1.54, 1.807) is 12.1 Å². The molecule has 1 aliphatic carbocycles. The molecule has 4 rings (SSSR count). The summed E-state index contributed by atoms with van der Waals surface area (Å²) in [4.78, 5) is 2.95. The standard InChI is InChI=1S/C24H32N2O2S/c1-4-13-26-14-5-6-22-23-16-20(10-7-19(23)15-24(22)26)25-29(27,28)21-11-8-18(9-12-21)17(2)3/h7-12,16-17,22,24-25H,4-6,13-15H2,1-3H3. The molecule has 0 spiro atoms. The van der Waals surface area contributed by atoms with Gasteiger partial charge >= 0.3 is 0 Å². The highest BCUT2D eigenvalue weighted by atomic mass is 32.2. The summed E-state index contributed by atoms with van der Waals surface area (Å²) in [6.45, 7) is 8.79. The van der Waals surface area contributed by atoms with Gasteiger partial charge in [-0.05, 0) is 85.6 Å². The van der Waals surface area contributed by atoms with Crippen LogP contribution in [-0.2, 0) is 16.4 Å². The molecule has 2 aromatic carbocycles. The van der Waals surface area contributed by atoms with Crippen molar-refractivity contribution in [2.24, 2.45) is 0 Å². The van der Waals surface area contributed by atoms with Gasteiger partial charge in [-0.3, -0.25) is 9.62 Å². The van der Waals surface area contributed by atoms with Crippen molar-refractivity contribution in [1.82, 2.24) is 4.90 Å². The van der Waals surface area contributed by atoms with Crippen LogP contribution in [0.25, 0.3) is 0 Å². The summed E-state index contributed by atoms with van der Waals surface area (Å²) in [6, 6.07) is 13.9. The molecule has 0 aromatic heterocycles. The van der Waals surface area contributed by atoms with Crippen LogP contribution in [0.2, 0.25) is 0 Å². The Hall–Kier alpha value is -1.85. The number of nitrogens with one attached hydrogen (secondary N) is 1. The molecule has 5 heteroatoms. The maximum Gasteiger partial charge on any atom is 0.261 e. The predicted molar refractivity (Wildman–Crippen MR) is 119 cm³/mol. The fourth-order valence-corrected chi connectivity index (χ4v) is 6.04. The van der Waals surface area contributed by atoms with Gasteiger partial charge in [-0.25, -0.2) is 8.42 Å². The van der Waals surface area contributed by atoms with Crippen molar-refractivity contribution >= 4 is 15.7 Å². The summed E-state index contributed by atoms with van der Waals surface area (Å²) in [6.07, 6.45) is 4.69. The van der Waals surface area contributed by atoms with Crippen LogP contribution in [0, 0.1) is 0 Å². The van der Waals surface area contributed by atoms with E-state index in [9.17, 15) is 8.42 Å². The van der Waals surface area contributed by atoms with Crippen molar-refractivity contribution in [2.75, 3.05) is 17.8 Å². The summed E-state index contributed by atoms with van der Waals surface area (Å²) < 4.78 is 28.6. The number of sulfonamides is 1. The van der Waals surface area contributed by atoms with Gasteiger partial charge in [-0.2, -0.15) is 0 Å². The fourth-order valence-electron chi connectivity index (χ4n) is 4.99. The van der Waals surface area contributed by atoms with Crippen LogP contribution in [0.5, 0.6) is 0 Å². The van der Waals surface area contributed by atoms with Gasteiger partial charge in [0.25, 0.3) is 10.0 Å². The van der Waals surface area contributed by atoms with Crippen molar-refractivity contribution in [1.29, 1.82) is 0 Å². The maximum absolute atomic E-state index is 12.9. The zero-order valence-electron chi connectivity index (χ0n) is 17.7. The summed E-state index contributed by atoms with van der Waals surface area (Å²) in [5.41, 5.74) is 4.53. The lowest BCUT2D eigenvalue weighted by atomic mass is 9.88. The van der Waals surface area contributed by atoms with Gasteiger partial charge in [0, 0.05) is 17.6 Å². The second kappa shape index (κ2) is 8.11. The van der Waals surface area contributed by atoms with E-state index in [4.69, 9.17) is 0 Å². The molecule has 0 saturated carbocycles. The number of hydrogen-bond donors (Lipinski definition) is 1. The van der Waals surface area contributed by atoms with Crippen molar-refractivity contribution < 1.29 is 8.42 Å². The van der Waals surface area contributed by atoms with Gasteiger partial charge in [-0.1, -0.05) is 39.0 Å². The Morgan fingerprint density at radius 3 is 2.59 bits per heavy atom. The molecule has 1 saturated heterocycles. The van der Waals surface area contributed by atoms with Crippen molar-refractivity contribution in [3.8, 4) is 0 Å². The van der Waals surface area contributed by atoms with Crippen LogP contribution in [-0.4, -0.2) is 32.4 Å². The van der Waals surface area contributed by atoms with Gasteiger partial charge in [0.15, 0.2) is 0 Å². The molecule has 29 heavy (non-hydrogen) atoms. The zero-order valence-corrected chi connectivity index (χ0v) is 18.5. The second-order valence-electron chi connectivity index (χ2n) is 8.80. The van der Waals surface area contributed by atoms with Gasteiger partial charge < -0.3 is 0 Å². The number of hydrogen-bond acceptors (Lipinski definition) is 3. The van der Waals surface area contributed by atoms with E-state index in [-0.39, 0.29) is 0 Å². The molecule has 0 bridgehead atoms. The van der Waals surface area contributed by atoms with E-state index in [1.807, 2.05) is 18.2 Å². The molecule has 0 radical (unpaired) electrons. The summed E-state index contributed by atoms with van der Waals surface area (Å²) in [7, 11) is -3.58. The Morgan fingerprint density at radius 2 is 1.90 bits per heavy atom. The van der Waals surface area contributed by atoms with Gasteiger partial charge in [0.05, 0.1) is 4.90 Å². The molecular weight excluding hydrogens is 380 g/mol. The summed E-state index contributed by atoms with van der Waals surface area (Å²) >= 11 is 0. The first-order valence-corrected chi connectivity index (χ1v) is 12.4. The zero-order chi connectivity index (χ0) is 20.6. The molecule has 0 amide bonds. The topological polar surface area (TPSA) is 49.4 Å². The predicted octanol–water partition coefficient (Wildman–Crippen LogP) is 5.12. The van der Waals surface area contributed by atoms with Crippen LogP contribution in [0.15, 0.2) is 47.4 Å².